The van der Waals surface area contributed by atoms with Gasteiger partial charge < -0.3 is 30.0 Å². The Kier molecular flexibility index (Phi) is 6.04. The van der Waals surface area contributed by atoms with Crippen molar-refractivity contribution in [3.63, 3.8) is 0 Å². The minimum atomic E-state index is -3.00. The lowest BCUT2D eigenvalue weighted by molar-refractivity contribution is -0.250. The molecule has 9 nitrogen and oxygen atoms in total. The number of aromatic nitrogens is 2. The second kappa shape index (κ2) is 7.41. The summed E-state index contributed by atoms with van der Waals surface area (Å²) in [4.78, 5) is 26.0. The summed E-state index contributed by atoms with van der Waals surface area (Å²) >= 11 is 5.05. The average Bonchev–Trinajstić information content (AvgIpc) is 2.75. The van der Waals surface area contributed by atoms with Crippen molar-refractivity contribution in [3.8, 4) is 0 Å². The number of rotatable bonds is 5. The number of carbonyl (C=O) groups excluding carboxylic acids is 1. The molecule has 2 rings (SSSR count). The molecule has 1 aliphatic rings. The molecule has 0 amide bonds. The van der Waals surface area contributed by atoms with E-state index >= 15 is 4.39 Å². The highest BCUT2D eigenvalue weighted by Crippen LogP contribution is 2.46. The van der Waals surface area contributed by atoms with Crippen LogP contribution in [-0.4, -0.2) is 78.8 Å². The molecule has 28 heavy (non-hydrogen) atoms. The van der Waals surface area contributed by atoms with Gasteiger partial charge in [-0.3, -0.25) is 14.6 Å². The van der Waals surface area contributed by atoms with E-state index in [1.54, 1.807) is 13.8 Å². The zero-order valence-electron chi connectivity index (χ0n) is 16.3. The van der Waals surface area contributed by atoms with E-state index in [-0.39, 0.29) is 10.7 Å². The van der Waals surface area contributed by atoms with Crippen LogP contribution in [0.15, 0.2) is 17.1 Å². The highest BCUT2D eigenvalue weighted by atomic mass is 32.1. The monoisotopic (exact) mass is 413 g/mol. The average molecular weight is 413 g/mol. The van der Waals surface area contributed by atoms with Gasteiger partial charge in [-0.25, -0.2) is 4.39 Å². The van der Waals surface area contributed by atoms with Crippen molar-refractivity contribution in [2.75, 3.05) is 0 Å². The number of hydrogen-bond acceptors (Lipinski definition) is 8. The minimum absolute atomic E-state index is 0.151. The Bertz CT molecular complexity index is 882. The Hall–Kier alpha value is -1.47. The summed E-state index contributed by atoms with van der Waals surface area (Å²) < 4.78 is 27.5. The van der Waals surface area contributed by atoms with Crippen LogP contribution < -0.4 is 11.3 Å². The largest absolute Gasteiger partial charge is 0.471 e. The summed E-state index contributed by atoms with van der Waals surface area (Å²) in [6.45, 7) is 3.40. The third kappa shape index (κ3) is 3.59. The second-order valence-corrected chi connectivity index (χ2v) is 8.26. The van der Waals surface area contributed by atoms with Crippen LogP contribution in [0.1, 0.15) is 13.8 Å². The van der Waals surface area contributed by atoms with Crippen molar-refractivity contribution >= 4 is 41.7 Å². The van der Waals surface area contributed by atoms with Gasteiger partial charge in [-0.1, -0.05) is 13.8 Å². The van der Waals surface area contributed by atoms with E-state index in [0.717, 1.165) is 10.6 Å². The van der Waals surface area contributed by atoms with Crippen molar-refractivity contribution < 1.29 is 28.9 Å². The molecule has 0 bridgehead atoms. The Labute approximate surface area is 168 Å². The van der Waals surface area contributed by atoms with Crippen LogP contribution in [-0.2, 0) is 19.9 Å². The molecule has 5 atom stereocenters. The minimum Gasteiger partial charge on any atom is -0.471 e. The molecule has 0 saturated carbocycles. The number of nitrogens with one attached hydrogen (secondary N) is 1. The molecule has 0 aliphatic carbocycles. The highest BCUT2D eigenvalue weighted by molar-refractivity contribution is 7.71. The number of carbonyl (C=O) groups is 1. The number of ether oxygens (including phenoxy) is 2. The standard InChI is InChI=1S/C14H23B3FN3O6S/c1-5(2)7(19)10(25)26-14(16,17)12(18)8(23)9(24)13(15,27-12)21-4-3-6(22)20-11(21)28/h3-5,7-9,23-24H,15-17,19H2,1-2H3,(H,20,22,28)/t7-,8-,9+,12-,13-/m0/s1. The van der Waals surface area contributed by atoms with E-state index in [0.29, 0.717) is 0 Å². The number of H-pyrrole nitrogens is 1. The molecule has 14 heteroatoms. The normalized spacial score (nSPS) is 31.7. The summed E-state index contributed by atoms with van der Waals surface area (Å²) in [7, 11) is 3.69. The predicted octanol–water partition coefficient (Wildman–Crippen LogP) is -3.99. The second-order valence-electron chi connectivity index (χ2n) is 7.87. The maximum Gasteiger partial charge on any atom is 0.322 e. The van der Waals surface area contributed by atoms with E-state index < -0.39 is 46.7 Å². The summed E-state index contributed by atoms with van der Waals surface area (Å²) in [5.41, 5.74) is 3.36. The molecule has 0 radical (unpaired) electrons. The van der Waals surface area contributed by atoms with Crippen LogP contribution in [0.25, 0.3) is 0 Å². The van der Waals surface area contributed by atoms with E-state index in [9.17, 15) is 19.8 Å². The van der Waals surface area contributed by atoms with Crippen molar-refractivity contribution in [1.82, 2.24) is 9.55 Å². The number of hydrogen-bond donors (Lipinski definition) is 4. The van der Waals surface area contributed by atoms with Gasteiger partial charge in [0, 0.05) is 12.3 Å². The predicted molar refractivity (Wildman–Crippen MR) is 108 cm³/mol. The zero-order chi connectivity index (χ0) is 21.7. The first-order valence-corrected chi connectivity index (χ1v) is 9.14. The number of nitrogens with two attached hydrogens (primary N) is 1. The number of halogens is 1. The molecular weight excluding hydrogens is 390 g/mol. The fourth-order valence-electron chi connectivity index (χ4n) is 3.02. The van der Waals surface area contributed by atoms with Gasteiger partial charge in [0.15, 0.2) is 28.3 Å². The molecule has 0 aromatic carbocycles. The van der Waals surface area contributed by atoms with E-state index in [1.807, 2.05) is 0 Å². The first-order valence-electron chi connectivity index (χ1n) is 8.73. The first kappa shape index (κ1) is 22.8. The zero-order valence-corrected chi connectivity index (χ0v) is 17.1. The number of alkyl halides is 1. The maximum atomic E-state index is 15.9. The van der Waals surface area contributed by atoms with Gasteiger partial charge in [0.2, 0.25) is 0 Å². The van der Waals surface area contributed by atoms with Gasteiger partial charge in [-0.15, -0.1) is 0 Å². The van der Waals surface area contributed by atoms with Crippen LogP contribution >= 0.6 is 12.2 Å². The van der Waals surface area contributed by atoms with E-state index in [2.05, 4.69) is 4.98 Å². The van der Waals surface area contributed by atoms with Crippen molar-refractivity contribution in [2.45, 2.75) is 49.0 Å². The lowest BCUT2D eigenvalue weighted by atomic mass is 9.59. The first-order chi connectivity index (χ1) is 12.7. The van der Waals surface area contributed by atoms with Crippen molar-refractivity contribution in [2.24, 2.45) is 11.7 Å². The van der Waals surface area contributed by atoms with E-state index in [4.69, 9.17) is 27.4 Å². The quantitative estimate of drug-likeness (QED) is 0.218. The Morgan fingerprint density at radius 2 is 2.07 bits per heavy atom. The number of aliphatic hydroxyl groups is 2. The molecule has 1 aliphatic heterocycles. The third-order valence-corrected chi connectivity index (χ3v) is 5.35. The van der Waals surface area contributed by atoms with Crippen molar-refractivity contribution in [3.05, 3.63) is 27.4 Å². The summed E-state index contributed by atoms with van der Waals surface area (Å²) in [5.74, 6) is -4.14. The molecule has 5 N–H and O–H groups in total. The lowest BCUT2D eigenvalue weighted by Crippen LogP contribution is -2.62. The smallest absolute Gasteiger partial charge is 0.322 e. The van der Waals surface area contributed by atoms with E-state index in [1.165, 1.54) is 29.7 Å². The van der Waals surface area contributed by atoms with Crippen LogP contribution in [0.5, 0.6) is 0 Å². The number of esters is 1. The lowest BCUT2D eigenvalue weighted by Gasteiger charge is -2.40. The summed E-state index contributed by atoms with van der Waals surface area (Å²) in [6.07, 6.45) is -2.69. The Balaban J connectivity index is 2.44. The number of aromatic amines is 1. The van der Waals surface area contributed by atoms with Gasteiger partial charge >= 0.3 is 5.97 Å². The van der Waals surface area contributed by atoms with Crippen LogP contribution in [0.2, 0.25) is 0 Å². The SMILES string of the molecule is BC(B)(OC(=O)[C@@H](N)C(C)C)[C@@]1(F)O[C@@](B)(n2ccc(=O)[nH]c2=S)[C@H](O)[C@@H]1O. The number of aliphatic hydroxyl groups excluding tert-OH is 2. The van der Waals surface area contributed by atoms with Gasteiger partial charge in [-0.2, -0.15) is 0 Å². The van der Waals surface area contributed by atoms with Gasteiger partial charge in [0.25, 0.3) is 11.4 Å². The van der Waals surface area contributed by atoms with Gasteiger partial charge in [-0.05, 0) is 18.1 Å². The molecule has 1 aromatic rings. The topological polar surface area (TPSA) is 140 Å². The van der Waals surface area contributed by atoms with Crippen LogP contribution in [0.4, 0.5) is 4.39 Å². The van der Waals surface area contributed by atoms with Gasteiger partial charge in [0.1, 0.15) is 29.3 Å². The fourth-order valence-corrected chi connectivity index (χ4v) is 3.36. The molecule has 0 unspecified atom stereocenters. The third-order valence-electron chi connectivity index (χ3n) is 5.05. The molecule has 152 valence electrons. The molecule has 0 spiro atoms. The Morgan fingerprint density at radius 1 is 1.50 bits per heavy atom. The highest BCUT2D eigenvalue weighted by Gasteiger charge is 2.68. The molecule has 1 saturated heterocycles. The number of nitrogens with zero attached hydrogens (tertiary/aromatic N) is 1. The summed E-state index contributed by atoms with van der Waals surface area (Å²) in [6, 6.07) is 0.0970. The van der Waals surface area contributed by atoms with Gasteiger partial charge in [0.05, 0.1) is 0 Å². The molecule has 1 aromatic heterocycles. The van der Waals surface area contributed by atoms with Crippen molar-refractivity contribution in [1.29, 1.82) is 0 Å². The molecule has 2 heterocycles. The fraction of sp³-hybridized carbons (Fsp3) is 0.643. The Morgan fingerprint density at radius 3 is 2.57 bits per heavy atom. The molecular formula is C14H23B3FN3O6S. The van der Waals surface area contributed by atoms with Crippen LogP contribution in [0.3, 0.4) is 0 Å². The summed E-state index contributed by atoms with van der Waals surface area (Å²) in [5, 5.41) is 19.0. The molecule has 1 fully saturated rings. The maximum absolute atomic E-state index is 15.9. The van der Waals surface area contributed by atoms with Crippen LogP contribution in [0, 0.1) is 10.7 Å².